The first-order chi connectivity index (χ1) is 11.4. The summed E-state index contributed by atoms with van der Waals surface area (Å²) < 4.78 is 41.5. The minimum Gasteiger partial charge on any atom is -0.369 e. The highest BCUT2D eigenvalue weighted by molar-refractivity contribution is 5.78. The van der Waals surface area contributed by atoms with Gasteiger partial charge in [0.05, 0.1) is 5.69 Å². The van der Waals surface area contributed by atoms with Crippen LogP contribution in [0.1, 0.15) is 62.0 Å². The Morgan fingerprint density at radius 2 is 1.79 bits per heavy atom. The Morgan fingerprint density at radius 3 is 2.38 bits per heavy atom. The third-order valence-corrected chi connectivity index (χ3v) is 5.84. The third-order valence-electron chi connectivity index (χ3n) is 5.84. The van der Waals surface area contributed by atoms with Gasteiger partial charge in [0.25, 0.3) is 0 Å². The molecule has 3 aliphatic carbocycles. The highest BCUT2D eigenvalue weighted by atomic mass is 19.4. The lowest BCUT2D eigenvalue weighted by Crippen LogP contribution is -2.19. The second kappa shape index (κ2) is 4.61. The second-order valence-electron chi connectivity index (χ2n) is 7.46. The Balaban J connectivity index is 1.72. The van der Waals surface area contributed by atoms with E-state index < -0.39 is 12.0 Å². The first-order valence-electron chi connectivity index (χ1n) is 8.54. The summed E-state index contributed by atoms with van der Waals surface area (Å²) in [4.78, 5) is 12.0. The molecule has 5 rings (SSSR count). The topological polar surface area (TPSA) is 69.6 Å². The zero-order valence-corrected chi connectivity index (χ0v) is 13.1. The van der Waals surface area contributed by atoms with Gasteiger partial charge in [-0.15, -0.1) is 0 Å². The number of fused-ring (bicyclic) bond motifs is 3. The molecule has 2 aromatic heterocycles. The minimum atomic E-state index is -4.56. The molecule has 2 N–H and O–H groups in total. The van der Waals surface area contributed by atoms with Crippen molar-refractivity contribution in [2.45, 2.75) is 56.7 Å². The molecule has 2 heterocycles. The minimum absolute atomic E-state index is 0.0550. The molecule has 24 heavy (non-hydrogen) atoms. The van der Waals surface area contributed by atoms with Crippen LogP contribution < -0.4 is 5.73 Å². The van der Waals surface area contributed by atoms with Crippen LogP contribution >= 0.6 is 0 Å². The molecule has 2 bridgehead atoms. The number of halogens is 3. The van der Waals surface area contributed by atoms with Crippen molar-refractivity contribution in [1.82, 2.24) is 19.5 Å². The number of anilines is 1. The number of hydrogen-bond acceptors (Lipinski definition) is 4. The predicted molar refractivity (Wildman–Crippen MR) is 81.2 cm³/mol. The van der Waals surface area contributed by atoms with Gasteiger partial charge in [-0.3, -0.25) is 4.57 Å². The Hall–Kier alpha value is -1.86. The highest BCUT2D eigenvalue weighted by Crippen LogP contribution is 2.52. The van der Waals surface area contributed by atoms with Crippen LogP contribution in [-0.4, -0.2) is 19.5 Å². The van der Waals surface area contributed by atoms with Gasteiger partial charge in [0.1, 0.15) is 5.52 Å². The van der Waals surface area contributed by atoms with E-state index in [0.29, 0.717) is 23.0 Å². The van der Waals surface area contributed by atoms with Crippen molar-refractivity contribution >= 4 is 17.1 Å². The van der Waals surface area contributed by atoms with Crippen molar-refractivity contribution in [3.63, 3.8) is 0 Å². The zero-order valence-electron chi connectivity index (χ0n) is 13.1. The normalized spacial score (nSPS) is 29.7. The maximum Gasteiger partial charge on any atom is 0.451 e. The fourth-order valence-corrected chi connectivity index (χ4v) is 4.63. The molecule has 3 saturated carbocycles. The van der Waals surface area contributed by atoms with Crippen molar-refractivity contribution < 1.29 is 13.2 Å². The largest absolute Gasteiger partial charge is 0.451 e. The van der Waals surface area contributed by atoms with E-state index in [1.807, 2.05) is 0 Å². The van der Waals surface area contributed by atoms with Crippen LogP contribution in [0.25, 0.3) is 11.2 Å². The lowest BCUT2D eigenvalue weighted by atomic mass is 9.95. The van der Waals surface area contributed by atoms with E-state index in [4.69, 9.17) is 5.73 Å². The standard InChI is InChI=1S/C16H18F3N5/c17-16(18,19)14-21-11(8-3-4-8)12-13(23-14)24(15(20)22-12)10-6-7-1-2-9(10)5-7/h7-10H,1-6H2,(H2,20,22). The fourth-order valence-electron chi connectivity index (χ4n) is 4.63. The summed E-state index contributed by atoms with van der Waals surface area (Å²) in [7, 11) is 0. The summed E-state index contributed by atoms with van der Waals surface area (Å²) in [5.74, 6) is 0.394. The number of rotatable bonds is 2. The van der Waals surface area contributed by atoms with Gasteiger partial charge in [0.15, 0.2) is 5.65 Å². The third kappa shape index (κ3) is 2.04. The van der Waals surface area contributed by atoms with Gasteiger partial charge in [-0.1, -0.05) is 6.42 Å². The smallest absolute Gasteiger partial charge is 0.369 e. The van der Waals surface area contributed by atoms with Crippen molar-refractivity contribution in [3.05, 3.63) is 11.5 Å². The monoisotopic (exact) mass is 337 g/mol. The summed E-state index contributed by atoms with van der Waals surface area (Å²) in [6.45, 7) is 0. The van der Waals surface area contributed by atoms with Crippen molar-refractivity contribution in [3.8, 4) is 0 Å². The highest BCUT2D eigenvalue weighted by Gasteiger charge is 2.44. The molecule has 0 aliphatic heterocycles. The molecule has 128 valence electrons. The van der Waals surface area contributed by atoms with Gasteiger partial charge >= 0.3 is 6.18 Å². The van der Waals surface area contributed by atoms with Gasteiger partial charge in [-0.05, 0) is 43.9 Å². The molecular weight excluding hydrogens is 319 g/mol. The summed E-state index contributed by atoms with van der Waals surface area (Å²) in [5.41, 5.74) is 7.27. The van der Waals surface area contributed by atoms with Crippen LogP contribution in [0.4, 0.5) is 19.1 Å². The quantitative estimate of drug-likeness (QED) is 0.908. The number of aromatic nitrogens is 4. The van der Waals surface area contributed by atoms with E-state index in [2.05, 4.69) is 15.0 Å². The summed E-state index contributed by atoms with van der Waals surface area (Å²) in [6.07, 6.45) is 1.57. The Kier molecular flexibility index (Phi) is 2.78. The van der Waals surface area contributed by atoms with Gasteiger partial charge in [-0.2, -0.15) is 13.2 Å². The zero-order chi connectivity index (χ0) is 16.6. The average Bonchev–Trinajstić information content (AvgIpc) is 3.00. The Bertz CT molecular complexity index is 823. The van der Waals surface area contributed by atoms with Crippen LogP contribution in [0.2, 0.25) is 0 Å². The molecule has 3 aliphatic rings. The molecule has 5 nitrogen and oxygen atoms in total. The lowest BCUT2D eigenvalue weighted by molar-refractivity contribution is -0.144. The Morgan fingerprint density at radius 1 is 1.00 bits per heavy atom. The first kappa shape index (κ1) is 14.5. The molecule has 0 spiro atoms. The second-order valence-corrected chi connectivity index (χ2v) is 7.46. The van der Waals surface area contributed by atoms with Gasteiger partial charge in [0, 0.05) is 12.0 Å². The number of hydrogen-bond donors (Lipinski definition) is 1. The molecule has 3 unspecified atom stereocenters. The van der Waals surface area contributed by atoms with E-state index in [1.54, 1.807) is 4.57 Å². The van der Waals surface area contributed by atoms with Crippen LogP contribution in [0.5, 0.6) is 0 Å². The Labute approximate surface area is 136 Å². The first-order valence-corrected chi connectivity index (χ1v) is 8.54. The molecule has 2 aromatic rings. The predicted octanol–water partition coefficient (Wildman–Crippen LogP) is 3.67. The number of nitrogens with zero attached hydrogens (tertiary/aromatic N) is 4. The van der Waals surface area contributed by atoms with Crippen molar-refractivity contribution in [2.24, 2.45) is 11.8 Å². The summed E-state index contributed by atoms with van der Waals surface area (Å²) in [5, 5.41) is 0. The summed E-state index contributed by atoms with van der Waals surface area (Å²) >= 11 is 0. The van der Waals surface area contributed by atoms with E-state index >= 15 is 0 Å². The SMILES string of the molecule is Nc1nc2c(C3CC3)nc(C(F)(F)F)nc2n1C1CC2CCC1C2. The molecule has 0 saturated heterocycles. The van der Waals surface area contributed by atoms with Crippen LogP contribution in [0, 0.1) is 11.8 Å². The van der Waals surface area contributed by atoms with E-state index in [0.717, 1.165) is 32.1 Å². The van der Waals surface area contributed by atoms with Crippen LogP contribution in [0.15, 0.2) is 0 Å². The molecule has 3 atom stereocenters. The van der Waals surface area contributed by atoms with Gasteiger partial charge < -0.3 is 5.73 Å². The summed E-state index contributed by atoms with van der Waals surface area (Å²) in [6, 6.07) is 0.122. The van der Waals surface area contributed by atoms with Crippen molar-refractivity contribution in [1.29, 1.82) is 0 Å². The fraction of sp³-hybridized carbons (Fsp3) is 0.688. The van der Waals surface area contributed by atoms with Crippen LogP contribution in [0.3, 0.4) is 0 Å². The van der Waals surface area contributed by atoms with E-state index in [1.165, 1.54) is 6.42 Å². The molecule has 0 aromatic carbocycles. The number of alkyl halides is 3. The number of nitrogen functional groups attached to an aromatic ring is 1. The van der Waals surface area contributed by atoms with E-state index in [9.17, 15) is 13.2 Å². The van der Waals surface area contributed by atoms with Crippen LogP contribution in [-0.2, 0) is 6.18 Å². The molecule has 8 heteroatoms. The molecule has 0 amide bonds. The average molecular weight is 337 g/mol. The molecule has 0 radical (unpaired) electrons. The van der Waals surface area contributed by atoms with Gasteiger partial charge in [-0.25, -0.2) is 15.0 Å². The van der Waals surface area contributed by atoms with Gasteiger partial charge in [0.2, 0.25) is 11.8 Å². The lowest BCUT2D eigenvalue weighted by Gasteiger charge is -2.24. The number of imidazole rings is 1. The number of nitrogens with two attached hydrogens (primary N) is 1. The maximum absolute atomic E-state index is 13.3. The van der Waals surface area contributed by atoms with E-state index in [-0.39, 0.29) is 23.6 Å². The molecule has 3 fully saturated rings. The van der Waals surface area contributed by atoms with Crippen molar-refractivity contribution in [2.75, 3.05) is 5.73 Å². The molecular formula is C16H18F3N5. The maximum atomic E-state index is 13.3.